The number of piperidine rings is 1. The Morgan fingerprint density at radius 3 is 2.75 bits per heavy atom. The highest BCUT2D eigenvalue weighted by Crippen LogP contribution is 2.44. The number of aromatic amines is 1. The molecule has 0 spiro atoms. The minimum atomic E-state index is 0.0393. The van der Waals surface area contributed by atoms with Crippen LogP contribution in [0.3, 0.4) is 0 Å². The Bertz CT molecular complexity index is 932. The van der Waals surface area contributed by atoms with E-state index in [1.807, 2.05) is 18.2 Å². The molecule has 1 aromatic carbocycles. The van der Waals surface area contributed by atoms with Gasteiger partial charge in [-0.15, -0.1) is 0 Å². The topological polar surface area (TPSA) is 62.1 Å². The monoisotopic (exact) mass is 375 g/mol. The summed E-state index contributed by atoms with van der Waals surface area (Å²) in [5.74, 6) is 1.83. The normalized spacial score (nSPS) is 24.7. The number of hydrogen-bond acceptors (Lipinski definition) is 3. The fraction of sp³-hybridized carbons (Fsp3) is 0.391. The van der Waals surface area contributed by atoms with Crippen LogP contribution in [0.25, 0.3) is 11.5 Å². The Morgan fingerprint density at radius 2 is 1.93 bits per heavy atom. The van der Waals surface area contributed by atoms with Crippen molar-refractivity contribution in [2.75, 3.05) is 6.54 Å². The zero-order chi connectivity index (χ0) is 18.9. The van der Waals surface area contributed by atoms with Crippen LogP contribution in [-0.2, 0) is 0 Å². The Labute approximate surface area is 164 Å². The van der Waals surface area contributed by atoms with Crippen molar-refractivity contribution in [3.8, 4) is 11.5 Å². The van der Waals surface area contributed by atoms with Crippen LogP contribution in [0.4, 0.5) is 0 Å². The third-order valence-corrected chi connectivity index (χ3v) is 6.45. The second kappa shape index (κ2) is 7.30. The number of fused-ring (bicyclic) bond motifs is 1. The summed E-state index contributed by atoms with van der Waals surface area (Å²) >= 11 is 0. The van der Waals surface area contributed by atoms with Gasteiger partial charge in [-0.3, -0.25) is 9.89 Å². The molecule has 2 aromatic heterocycles. The number of benzene rings is 1. The summed E-state index contributed by atoms with van der Waals surface area (Å²) in [6.45, 7) is 0.794. The van der Waals surface area contributed by atoms with Gasteiger partial charge in [0.2, 0.25) is 0 Å². The van der Waals surface area contributed by atoms with Gasteiger partial charge in [0, 0.05) is 18.7 Å². The fourth-order valence-corrected chi connectivity index (χ4v) is 5.16. The van der Waals surface area contributed by atoms with Crippen molar-refractivity contribution >= 4 is 5.91 Å². The van der Waals surface area contributed by atoms with E-state index in [0.29, 0.717) is 29.3 Å². The molecular weight excluding hydrogens is 350 g/mol. The standard InChI is InChI=1S/C23H25N3O2/c27-23(20-15-19(24-25-20)22-11-6-14-28-22)26-13-12-17(16-7-2-1-3-8-16)18-9-4-5-10-21(18)26/h1-3,6-8,11,14-15,17-18,21H,4-5,9-10,12-13H2,(H,24,25)/t17-,18-,21-/m1/s1. The molecular formula is C23H25N3O2. The molecule has 1 saturated heterocycles. The summed E-state index contributed by atoms with van der Waals surface area (Å²) in [5, 5.41) is 7.23. The van der Waals surface area contributed by atoms with Gasteiger partial charge >= 0.3 is 0 Å². The lowest BCUT2D eigenvalue weighted by atomic mass is 9.69. The second-order valence-corrected chi connectivity index (χ2v) is 7.96. The predicted molar refractivity (Wildman–Crippen MR) is 107 cm³/mol. The zero-order valence-electron chi connectivity index (χ0n) is 15.9. The molecule has 0 radical (unpaired) electrons. The molecule has 3 heterocycles. The average Bonchev–Trinajstić information content (AvgIpc) is 3.45. The number of nitrogens with zero attached hydrogens (tertiary/aromatic N) is 2. The Balaban J connectivity index is 1.39. The molecule has 3 aromatic rings. The molecule has 1 saturated carbocycles. The molecule has 0 unspecified atom stereocenters. The van der Waals surface area contributed by atoms with E-state index in [-0.39, 0.29) is 5.91 Å². The van der Waals surface area contributed by atoms with Gasteiger partial charge in [0.1, 0.15) is 5.69 Å². The maximum absolute atomic E-state index is 13.3. The number of carbonyl (C=O) groups excluding carboxylic acids is 1. The van der Waals surface area contributed by atoms with Crippen molar-refractivity contribution in [3.05, 3.63) is 66.1 Å². The van der Waals surface area contributed by atoms with Crippen LogP contribution in [0.1, 0.15) is 54.1 Å². The largest absolute Gasteiger partial charge is 0.463 e. The maximum Gasteiger partial charge on any atom is 0.274 e. The van der Waals surface area contributed by atoms with Crippen molar-refractivity contribution in [1.82, 2.24) is 15.1 Å². The first-order chi connectivity index (χ1) is 13.8. The summed E-state index contributed by atoms with van der Waals surface area (Å²) in [6.07, 6.45) is 7.40. The summed E-state index contributed by atoms with van der Waals surface area (Å²) in [4.78, 5) is 15.4. The molecule has 144 valence electrons. The first-order valence-electron chi connectivity index (χ1n) is 10.3. The molecule has 5 rings (SSSR count). The molecule has 28 heavy (non-hydrogen) atoms. The first-order valence-corrected chi connectivity index (χ1v) is 10.3. The van der Waals surface area contributed by atoms with Crippen molar-refractivity contribution in [2.45, 2.75) is 44.1 Å². The highest BCUT2D eigenvalue weighted by atomic mass is 16.3. The van der Waals surface area contributed by atoms with Gasteiger partial charge in [0.25, 0.3) is 5.91 Å². The molecule has 0 bridgehead atoms. The first kappa shape index (κ1) is 17.3. The lowest BCUT2D eigenvalue weighted by Gasteiger charge is -2.48. The molecule has 1 aliphatic carbocycles. The SMILES string of the molecule is O=C(c1cc(-c2ccco2)[nH]n1)N1CC[C@H](c2ccccc2)[C@H]2CCCC[C@H]21. The van der Waals surface area contributed by atoms with Crippen LogP contribution in [0.2, 0.25) is 0 Å². The lowest BCUT2D eigenvalue weighted by molar-refractivity contribution is 0.0314. The van der Waals surface area contributed by atoms with Crippen LogP contribution in [-0.4, -0.2) is 33.6 Å². The van der Waals surface area contributed by atoms with Crippen LogP contribution >= 0.6 is 0 Å². The highest BCUT2D eigenvalue weighted by Gasteiger charge is 2.42. The smallest absolute Gasteiger partial charge is 0.274 e. The van der Waals surface area contributed by atoms with Gasteiger partial charge in [-0.05, 0) is 48.8 Å². The number of hydrogen-bond donors (Lipinski definition) is 1. The molecule has 2 aliphatic rings. The van der Waals surface area contributed by atoms with Crippen LogP contribution in [0.5, 0.6) is 0 Å². The van der Waals surface area contributed by atoms with Gasteiger partial charge in [-0.2, -0.15) is 5.10 Å². The van der Waals surface area contributed by atoms with Crippen molar-refractivity contribution in [3.63, 3.8) is 0 Å². The number of H-pyrrole nitrogens is 1. The Hall–Kier alpha value is -2.82. The lowest BCUT2D eigenvalue weighted by Crippen LogP contribution is -2.52. The van der Waals surface area contributed by atoms with E-state index >= 15 is 0 Å². The number of aromatic nitrogens is 2. The minimum absolute atomic E-state index is 0.0393. The molecule has 1 N–H and O–H groups in total. The third kappa shape index (κ3) is 3.05. The zero-order valence-corrected chi connectivity index (χ0v) is 15.9. The summed E-state index contributed by atoms with van der Waals surface area (Å²) in [6, 6.07) is 16.6. The molecule has 2 fully saturated rings. The van der Waals surface area contributed by atoms with E-state index < -0.39 is 0 Å². The summed E-state index contributed by atoms with van der Waals surface area (Å²) < 4.78 is 5.41. The molecule has 5 heteroatoms. The van der Waals surface area contributed by atoms with E-state index in [2.05, 4.69) is 45.4 Å². The Kier molecular flexibility index (Phi) is 4.51. The van der Waals surface area contributed by atoms with Crippen LogP contribution in [0, 0.1) is 5.92 Å². The van der Waals surface area contributed by atoms with Crippen LogP contribution in [0.15, 0.2) is 59.2 Å². The number of carbonyl (C=O) groups is 1. The van der Waals surface area contributed by atoms with Gasteiger partial charge in [-0.1, -0.05) is 43.2 Å². The number of nitrogens with one attached hydrogen (secondary N) is 1. The van der Waals surface area contributed by atoms with Gasteiger partial charge in [0.15, 0.2) is 11.5 Å². The second-order valence-electron chi connectivity index (χ2n) is 7.96. The molecule has 5 nitrogen and oxygen atoms in total. The number of furan rings is 1. The molecule has 1 aliphatic heterocycles. The fourth-order valence-electron chi connectivity index (χ4n) is 5.16. The quantitative estimate of drug-likeness (QED) is 0.711. The van der Waals surface area contributed by atoms with Crippen molar-refractivity contribution < 1.29 is 9.21 Å². The number of amides is 1. The van der Waals surface area contributed by atoms with Gasteiger partial charge < -0.3 is 9.32 Å². The highest BCUT2D eigenvalue weighted by molar-refractivity contribution is 5.93. The summed E-state index contributed by atoms with van der Waals surface area (Å²) in [5.41, 5.74) is 2.65. The molecule has 3 atom stereocenters. The van der Waals surface area contributed by atoms with E-state index in [1.165, 1.54) is 24.8 Å². The predicted octanol–water partition coefficient (Wildman–Crippen LogP) is 4.86. The van der Waals surface area contributed by atoms with Crippen LogP contribution < -0.4 is 0 Å². The number of likely N-dealkylation sites (tertiary alicyclic amines) is 1. The van der Waals surface area contributed by atoms with E-state index in [1.54, 1.807) is 6.26 Å². The van der Waals surface area contributed by atoms with Crippen molar-refractivity contribution in [2.24, 2.45) is 5.92 Å². The van der Waals surface area contributed by atoms with E-state index in [0.717, 1.165) is 25.1 Å². The Morgan fingerprint density at radius 1 is 1.07 bits per heavy atom. The van der Waals surface area contributed by atoms with E-state index in [4.69, 9.17) is 4.42 Å². The minimum Gasteiger partial charge on any atom is -0.463 e. The van der Waals surface area contributed by atoms with E-state index in [9.17, 15) is 4.79 Å². The number of rotatable bonds is 3. The third-order valence-electron chi connectivity index (χ3n) is 6.45. The average molecular weight is 375 g/mol. The maximum atomic E-state index is 13.3. The van der Waals surface area contributed by atoms with Gasteiger partial charge in [0.05, 0.1) is 6.26 Å². The summed E-state index contributed by atoms with van der Waals surface area (Å²) in [7, 11) is 0. The van der Waals surface area contributed by atoms with Gasteiger partial charge in [-0.25, -0.2) is 0 Å². The molecule has 1 amide bonds. The van der Waals surface area contributed by atoms with Crippen molar-refractivity contribution in [1.29, 1.82) is 0 Å².